The van der Waals surface area contributed by atoms with Gasteiger partial charge >= 0.3 is 6.18 Å². The first-order chi connectivity index (χ1) is 11.4. The van der Waals surface area contributed by atoms with Gasteiger partial charge in [-0.3, -0.25) is 9.69 Å². The lowest BCUT2D eigenvalue weighted by Crippen LogP contribution is -2.53. The van der Waals surface area contributed by atoms with Crippen LogP contribution in [0.3, 0.4) is 0 Å². The number of benzene rings is 1. The molecule has 24 heavy (non-hydrogen) atoms. The predicted molar refractivity (Wildman–Crippen MR) is 86.3 cm³/mol. The van der Waals surface area contributed by atoms with Crippen LogP contribution in [-0.4, -0.2) is 28.9 Å². The summed E-state index contributed by atoms with van der Waals surface area (Å²) in [5.41, 5.74) is 0.0148. The summed E-state index contributed by atoms with van der Waals surface area (Å²) in [6.07, 6.45) is -0.610. The summed E-state index contributed by atoms with van der Waals surface area (Å²) in [6.45, 7) is 3.80. The topological polar surface area (TPSA) is 20.3 Å². The number of alkyl halides is 3. The van der Waals surface area contributed by atoms with Crippen LogP contribution in [0.4, 0.5) is 13.2 Å². The molecule has 1 aromatic carbocycles. The van der Waals surface area contributed by atoms with Gasteiger partial charge in [0.1, 0.15) is 0 Å². The van der Waals surface area contributed by atoms with Crippen molar-refractivity contribution < 1.29 is 18.0 Å². The molecule has 0 aliphatic carbocycles. The molecule has 2 aliphatic heterocycles. The fourth-order valence-electron chi connectivity index (χ4n) is 4.13. The summed E-state index contributed by atoms with van der Waals surface area (Å²) in [6, 6.07) is 10.5. The van der Waals surface area contributed by atoms with Crippen LogP contribution in [0.25, 0.3) is 0 Å². The van der Waals surface area contributed by atoms with E-state index in [1.807, 2.05) is 18.2 Å². The Labute approximate surface area is 140 Å². The van der Waals surface area contributed by atoms with Gasteiger partial charge in [-0.1, -0.05) is 43.3 Å². The zero-order chi connectivity index (χ0) is 17.3. The maximum absolute atomic E-state index is 12.8. The Kier molecular flexibility index (Phi) is 4.81. The van der Waals surface area contributed by atoms with Gasteiger partial charge in [-0.15, -0.1) is 0 Å². The quantitative estimate of drug-likeness (QED) is 0.754. The zero-order valence-corrected chi connectivity index (χ0v) is 13.6. The highest BCUT2D eigenvalue weighted by Gasteiger charge is 2.45. The van der Waals surface area contributed by atoms with E-state index >= 15 is 0 Å². The van der Waals surface area contributed by atoms with E-state index < -0.39 is 23.5 Å². The van der Waals surface area contributed by atoms with Gasteiger partial charge in [0.25, 0.3) is 0 Å². The summed E-state index contributed by atoms with van der Waals surface area (Å²) < 4.78 is 38.3. The van der Waals surface area contributed by atoms with Gasteiger partial charge in [-0.25, -0.2) is 0 Å². The third-order valence-electron chi connectivity index (χ3n) is 5.34. The van der Waals surface area contributed by atoms with Crippen molar-refractivity contribution in [1.82, 2.24) is 4.90 Å². The van der Waals surface area contributed by atoms with Crippen LogP contribution >= 0.6 is 0 Å². The van der Waals surface area contributed by atoms with E-state index in [0.29, 0.717) is 12.8 Å². The molecule has 2 unspecified atom stereocenters. The standard InChI is InChI=1S/C19H22F3NO/c1-13(19(20,21)22)18(24)15-10-16-8-5-9-17(11-15)23(16)12-14-6-3-2-4-7-14/h2-4,6-7,15-17H,1,5,8-12H2. The minimum Gasteiger partial charge on any atom is -0.294 e. The molecule has 0 radical (unpaired) electrons. The largest absolute Gasteiger partial charge is 0.419 e. The molecule has 2 aliphatic rings. The van der Waals surface area contributed by atoms with E-state index in [2.05, 4.69) is 23.6 Å². The van der Waals surface area contributed by atoms with Crippen molar-refractivity contribution in [3.8, 4) is 0 Å². The normalized spacial score (nSPS) is 27.7. The van der Waals surface area contributed by atoms with E-state index in [4.69, 9.17) is 0 Å². The summed E-state index contributed by atoms with van der Waals surface area (Å²) in [5, 5.41) is 0. The van der Waals surface area contributed by atoms with E-state index in [1.54, 1.807) is 0 Å². The molecule has 5 heteroatoms. The number of fused-ring (bicyclic) bond motifs is 2. The average molecular weight is 337 g/mol. The molecule has 2 bridgehead atoms. The second-order valence-electron chi connectivity index (χ2n) is 6.91. The monoisotopic (exact) mass is 337 g/mol. The van der Waals surface area contributed by atoms with Crippen molar-refractivity contribution in [1.29, 1.82) is 0 Å². The first kappa shape index (κ1) is 17.2. The number of allylic oxidation sites excluding steroid dienone is 1. The Morgan fingerprint density at radius 1 is 1.12 bits per heavy atom. The molecule has 0 aromatic heterocycles. The van der Waals surface area contributed by atoms with E-state index in [-0.39, 0.29) is 12.1 Å². The third kappa shape index (κ3) is 3.56. The summed E-state index contributed by atoms with van der Waals surface area (Å²) in [7, 11) is 0. The first-order valence-electron chi connectivity index (χ1n) is 8.46. The highest BCUT2D eigenvalue weighted by atomic mass is 19.4. The van der Waals surface area contributed by atoms with Gasteiger partial charge in [-0.05, 0) is 31.2 Å². The number of ketones is 1. The molecule has 3 rings (SSSR count). The second kappa shape index (κ2) is 6.71. The second-order valence-corrected chi connectivity index (χ2v) is 6.91. The molecule has 0 amide bonds. The van der Waals surface area contributed by atoms with Crippen molar-refractivity contribution in [2.24, 2.45) is 5.92 Å². The number of carbonyl (C=O) groups is 1. The molecule has 0 N–H and O–H groups in total. The first-order valence-corrected chi connectivity index (χ1v) is 8.46. The van der Waals surface area contributed by atoms with E-state index in [9.17, 15) is 18.0 Å². The van der Waals surface area contributed by atoms with Gasteiger partial charge in [0, 0.05) is 24.5 Å². The summed E-state index contributed by atoms with van der Waals surface area (Å²) in [4.78, 5) is 14.6. The highest BCUT2D eigenvalue weighted by Crippen LogP contribution is 2.40. The molecule has 2 saturated heterocycles. The number of rotatable bonds is 4. The van der Waals surface area contributed by atoms with Crippen LogP contribution < -0.4 is 0 Å². The third-order valence-corrected chi connectivity index (χ3v) is 5.34. The number of hydrogen-bond acceptors (Lipinski definition) is 2. The van der Waals surface area contributed by atoms with Gasteiger partial charge in [0.05, 0.1) is 5.57 Å². The minimum atomic E-state index is -4.62. The molecule has 1 aromatic rings. The fourth-order valence-corrected chi connectivity index (χ4v) is 4.13. The SMILES string of the molecule is C=C(C(=O)C1CC2CCCC(C1)N2Cc1ccccc1)C(F)(F)F. The maximum atomic E-state index is 12.8. The van der Waals surface area contributed by atoms with Crippen LogP contribution in [-0.2, 0) is 11.3 Å². The molecule has 2 atom stereocenters. The van der Waals surface area contributed by atoms with Crippen molar-refractivity contribution in [3.05, 3.63) is 48.0 Å². The van der Waals surface area contributed by atoms with E-state index in [1.165, 1.54) is 5.56 Å². The molecule has 0 saturated carbocycles. The van der Waals surface area contributed by atoms with Gasteiger partial charge in [0.2, 0.25) is 0 Å². The van der Waals surface area contributed by atoms with Crippen molar-refractivity contribution in [2.75, 3.05) is 0 Å². The molecule has 2 fully saturated rings. The van der Waals surface area contributed by atoms with Crippen LogP contribution in [0, 0.1) is 5.92 Å². The van der Waals surface area contributed by atoms with E-state index in [0.717, 1.165) is 25.8 Å². The Hall–Kier alpha value is -1.62. The average Bonchev–Trinajstić information content (AvgIpc) is 2.53. The lowest BCUT2D eigenvalue weighted by Gasteiger charge is -2.48. The number of halogens is 3. The number of hydrogen-bond donors (Lipinski definition) is 0. The molecular formula is C19H22F3NO. The number of piperidine rings is 2. The maximum Gasteiger partial charge on any atom is 0.419 e. The van der Waals surface area contributed by atoms with Crippen LogP contribution in [0.2, 0.25) is 0 Å². The van der Waals surface area contributed by atoms with Gasteiger partial charge in [-0.2, -0.15) is 13.2 Å². The number of carbonyl (C=O) groups excluding carboxylic acids is 1. The van der Waals surface area contributed by atoms with Crippen molar-refractivity contribution in [2.45, 2.75) is 56.9 Å². The molecular weight excluding hydrogens is 315 g/mol. The lowest BCUT2D eigenvalue weighted by atomic mass is 9.75. The predicted octanol–water partition coefficient (Wildman–Crippen LogP) is 4.51. The lowest BCUT2D eigenvalue weighted by molar-refractivity contribution is -0.135. The smallest absolute Gasteiger partial charge is 0.294 e. The number of nitrogens with zero attached hydrogens (tertiary/aromatic N) is 1. The van der Waals surface area contributed by atoms with Crippen LogP contribution in [0.15, 0.2) is 42.5 Å². The number of Topliss-reactive ketones (excluding diaryl/α,β-unsaturated/α-hetero) is 1. The zero-order valence-electron chi connectivity index (χ0n) is 13.6. The fraction of sp³-hybridized carbons (Fsp3) is 0.526. The Balaban J connectivity index is 1.71. The van der Waals surface area contributed by atoms with Crippen molar-refractivity contribution in [3.63, 3.8) is 0 Å². The highest BCUT2D eigenvalue weighted by molar-refractivity contribution is 5.97. The Morgan fingerprint density at radius 2 is 1.71 bits per heavy atom. The molecule has 130 valence electrons. The van der Waals surface area contributed by atoms with Crippen LogP contribution in [0.5, 0.6) is 0 Å². The summed E-state index contributed by atoms with van der Waals surface area (Å²) >= 11 is 0. The van der Waals surface area contributed by atoms with Gasteiger partial charge in [0.15, 0.2) is 5.78 Å². The summed E-state index contributed by atoms with van der Waals surface area (Å²) in [5.74, 6) is -1.35. The molecule has 0 spiro atoms. The molecule has 2 nitrogen and oxygen atoms in total. The Morgan fingerprint density at radius 3 is 2.25 bits per heavy atom. The Bertz CT molecular complexity index is 597. The minimum absolute atomic E-state index is 0.188. The van der Waals surface area contributed by atoms with Crippen molar-refractivity contribution >= 4 is 5.78 Å². The van der Waals surface area contributed by atoms with Crippen LogP contribution in [0.1, 0.15) is 37.7 Å². The molecule has 2 heterocycles. The van der Waals surface area contributed by atoms with Gasteiger partial charge < -0.3 is 0 Å².